The number of rotatable bonds is 8. The zero-order valence-corrected chi connectivity index (χ0v) is 51.1. The molecule has 462 valence electrons. The van der Waals surface area contributed by atoms with Crippen molar-refractivity contribution in [2.24, 2.45) is 35.3 Å². The molecule has 5 aliphatic heterocycles. The Hall–Kier alpha value is -4.93. The van der Waals surface area contributed by atoms with Gasteiger partial charge in [-0.05, 0) is 108 Å². The van der Waals surface area contributed by atoms with Gasteiger partial charge in [-0.2, -0.15) is 0 Å². The number of carbonyl (C=O) groups excluding carboxylic acids is 5. The molecule has 1 aromatic rings. The minimum atomic E-state index is -1.80. The molecule has 1 aliphatic carbocycles. The van der Waals surface area contributed by atoms with Crippen LogP contribution >= 0.6 is 0 Å². The fourth-order valence-electron chi connectivity index (χ4n) is 12.9. The van der Waals surface area contributed by atoms with E-state index >= 15 is 0 Å². The number of nitrogens with zero attached hydrogens (tertiary/aromatic N) is 6. The predicted molar refractivity (Wildman–Crippen MR) is 314 cm³/mol. The number of hydrogen-bond acceptors (Lipinski definition) is 18. The lowest BCUT2D eigenvalue weighted by atomic mass is 9.80. The maximum Gasteiger partial charge on any atom is 0.410 e. The molecule has 15 atom stereocenters. The molecule has 4 fully saturated rings. The maximum absolute atomic E-state index is 14.7. The molecule has 20 nitrogen and oxygen atoms in total. The number of ketones is 2. The Morgan fingerprint density at radius 3 is 2.35 bits per heavy atom. The van der Waals surface area contributed by atoms with Gasteiger partial charge in [0.15, 0.2) is 11.6 Å². The molecule has 1 saturated carbocycles. The van der Waals surface area contributed by atoms with Crippen LogP contribution in [0.2, 0.25) is 0 Å². The van der Waals surface area contributed by atoms with Crippen molar-refractivity contribution in [3.63, 3.8) is 0 Å². The largest absolute Gasteiger partial charge is 0.459 e. The molecule has 3 saturated heterocycles. The van der Waals surface area contributed by atoms with Crippen molar-refractivity contribution in [1.29, 1.82) is 0 Å². The molecule has 6 aliphatic rings. The normalized spacial score (nSPS) is 35.3. The summed E-state index contributed by atoms with van der Waals surface area (Å²) in [5.41, 5.74) is 10.3. The number of amides is 2. The van der Waals surface area contributed by atoms with E-state index in [4.69, 9.17) is 39.1 Å². The van der Waals surface area contributed by atoms with Gasteiger partial charge in [0.1, 0.15) is 36.2 Å². The molecule has 6 heterocycles. The number of nitrogens with two attached hydrogens (primary N) is 1. The summed E-state index contributed by atoms with van der Waals surface area (Å²) in [5, 5.41) is 23.8. The van der Waals surface area contributed by atoms with Crippen molar-refractivity contribution in [3.05, 3.63) is 65.1 Å². The van der Waals surface area contributed by atoms with E-state index in [2.05, 4.69) is 21.8 Å². The first-order valence-corrected chi connectivity index (χ1v) is 30.5. The number of ether oxygens (including phenoxy) is 6. The van der Waals surface area contributed by atoms with Gasteiger partial charge in [0.2, 0.25) is 11.9 Å². The average Bonchev–Trinajstić information content (AvgIpc) is 3.47. The van der Waals surface area contributed by atoms with Crippen molar-refractivity contribution in [2.75, 3.05) is 72.5 Å². The first kappa shape index (κ1) is 65.6. The van der Waals surface area contributed by atoms with Crippen molar-refractivity contribution >= 4 is 35.5 Å². The number of aliphatic hydroxyl groups excluding tert-OH is 1. The zero-order chi connectivity index (χ0) is 60.1. The third-order valence-corrected chi connectivity index (χ3v) is 18.5. The van der Waals surface area contributed by atoms with Crippen LogP contribution in [0.4, 0.5) is 10.7 Å². The molecule has 20 heteroatoms. The number of allylic oxidation sites excluding steroid dienone is 6. The lowest BCUT2D eigenvalue weighted by molar-refractivity contribution is -0.284. The molecule has 2 amide bonds. The molecule has 1 aromatic heterocycles. The summed E-state index contributed by atoms with van der Waals surface area (Å²) in [6.45, 7) is 15.7. The molecule has 0 spiro atoms. The van der Waals surface area contributed by atoms with Crippen LogP contribution < -0.4 is 10.6 Å². The second-order valence-electron chi connectivity index (χ2n) is 24.8. The molecule has 4 N–H and O–H groups in total. The van der Waals surface area contributed by atoms with Gasteiger partial charge in [0.25, 0.3) is 0 Å². The molecule has 0 radical (unpaired) electrons. The molecular formula is C63H97N7O13. The van der Waals surface area contributed by atoms with E-state index in [-0.39, 0.29) is 54.8 Å². The number of Topliss-reactive ketones (excluding diaryl/α,β-unsaturated/α-hetero) is 2. The maximum atomic E-state index is 14.7. The highest BCUT2D eigenvalue weighted by Crippen LogP contribution is 2.39. The van der Waals surface area contributed by atoms with Gasteiger partial charge < -0.3 is 64.0 Å². The first-order chi connectivity index (χ1) is 39.6. The number of carbonyl (C=O) groups is 5. The fraction of sp³-hybridized carbons (Fsp3) is 0.730. The van der Waals surface area contributed by atoms with Crippen LogP contribution in [0.1, 0.15) is 136 Å². The number of fused-ring (bicyclic) bond motifs is 4. The molecule has 0 aromatic carbocycles. The van der Waals surface area contributed by atoms with Gasteiger partial charge in [0, 0.05) is 115 Å². The average molecular weight is 1160 g/mol. The van der Waals surface area contributed by atoms with E-state index in [9.17, 15) is 34.2 Å². The predicted octanol–water partition coefficient (Wildman–Crippen LogP) is 6.44. The van der Waals surface area contributed by atoms with E-state index in [0.29, 0.717) is 95.7 Å². The van der Waals surface area contributed by atoms with E-state index < -0.39 is 84.3 Å². The highest BCUT2D eigenvalue weighted by atomic mass is 16.6. The number of hydrogen-bond donors (Lipinski definition) is 3. The Kier molecular flexibility index (Phi) is 24.1. The minimum absolute atomic E-state index is 0.0184. The highest BCUT2D eigenvalue weighted by molar-refractivity contribution is 5.87. The number of cyclic esters (lactones) is 1. The van der Waals surface area contributed by atoms with Crippen molar-refractivity contribution in [3.8, 4) is 0 Å². The number of piperidine rings is 1. The minimum Gasteiger partial charge on any atom is -0.459 e. The standard InChI is InChI=1S/C63H97N7O13/c1-39-16-12-11-13-17-40(2)53(78-8)34-47-21-19-44(6)63(77,83-47)36-56(72)70-24-15-14-18-50(70)60(75)81-54(35-51(71)41(3)31-43(5)58(74)59(80-10)57(73)42(4)30-39)48(64)32-45-20-22-52(55(33-45)79-9)82-62(76)69-25-23-49-46(38-69)37-65-61(66-49)68-28-26-67(7)27-29-68/h11-13,16-17,31,37,39,41-42,44-45,47-48,50,52-55,58-59,74,77H,14-15,18-30,32-36,38,64H2,1-10H3/b13-11?,16-12+,40-17?,43-31+/t39-,41-,42-,44-,45+,47+,48-,50+,52-,53+,54+,55-,58-,59+,63+/m1/s1. The smallest absolute Gasteiger partial charge is 0.410 e. The molecule has 2 bridgehead atoms. The number of methoxy groups -OCH3 is 3. The Bertz CT molecular complexity index is 2500. The van der Waals surface area contributed by atoms with Crippen LogP contribution in [-0.2, 0) is 60.6 Å². The summed E-state index contributed by atoms with van der Waals surface area (Å²) < 4.78 is 36.5. The third-order valence-electron chi connectivity index (χ3n) is 18.5. The van der Waals surface area contributed by atoms with Crippen LogP contribution in [-0.4, -0.2) is 193 Å². The van der Waals surface area contributed by atoms with Crippen LogP contribution in [0, 0.1) is 29.6 Å². The van der Waals surface area contributed by atoms with Gasteiger partial charge >= 0.3 is 12.1 Å². The zero-order valence-electron chi connectivity index (χ0n) is 51.1. The second kappa shape index (κ2) is 30.4. The number of aliphatic hydroxyl groups is 2. The van der Waals surface area contributed by atoms with E-state index in [1.54, 1.807) is 39.0 Å². The SMILES string of the molecule is CO[C@H]1C[C@@H]2CC[C@@H](C)[C@](O)(CC(=O)N3CCCC[C@H]3C(=O)O[C@H]([C@H](N)C[C@@H]3CC[C@@H](OC(=O)N4CCc5nc(N6CCN(C)CC6)ncc5C4)[C@H](OC)C3)CC(=O)[C@H](C)/C=C(\C)[C@@H](O)[C@@H](OC)C(=O)[C@H](C)C[C@H](C)/C=C/C=CC=C1C)O2. The van der Waals surface area contributed by atoms with Gasteiger partial charge in [-0.1, -0.05) is 64.2 Å². The second-order valence-corrected chi connectivity index (χ2v) is 24.8. The summed E-state index contributed by atoms with van der Waals surface area (Å²) in [6, 6.07) is -1.85. The number of esters is 1. The summed E-state index contributed by atoms with van der Waals surface area (Å²) in [4.78, 5) is 88.4. The number of piperazine rings is 1. The van der Waals surface area contributed by atoms with Crippen LogP contribution in [0.25, 0.3) is 0 Å². The first-order valence-electron chi connectivity index (χ1n) is 30.5. The quantitative estimate of drug-likeness (QED) is 0.187. The van der Waals surface area contributed by atoms with Gasteiger partial charge in [-0.3, -0.25) is 14.4 Å². The van der Waals surface area contributed by atoms with Crippen molar-refractivity contribution in [2.45, 2.75) is 199 Å². The fourth-order valence-corrected chi connectivity index (χ4v) is 12.9. The van der Waals surface area contributed by atoms with Gasteiger partial charge in [-0.15, -0.1) is 0 Å². The van der Waals surface area contributed by atoms with Crippen molar-refractivity contribution in [1.82, 2.24) is 24.7 Å². The van der Waals surface area contributed by atoms with E-state index in [1.807, 2.05) is 64.3 Å². The van der Waals surface area contributed by atoms with Crippen LogP contribution in [0.3, 0.4) is 0 Å². The Morgan fingerprint density at radius 2 is 1.63 bits per heavy atom. The highest BCUT2D eigenvalue weighted by Gasteiger charge is 2.47. The van der Waals surface area contributed by atoms with E-state index in [0.717, 1.165) is 49.0 Å². The third kappa shape index (κ3) is 17.4. The number of likely N-dealkylation sites (N-methyl/N-ethyl adjacent to an activating group) is 1. The topological polar surface area (TPSA) is 246 Å². The van der Waals surface area contributed by atoms with Crippen LogP contribution in [0.5, 0.6) is 0 Å². The Labute approximate surface area is 492 Å². The van der Waals surface area contributed by atoms with Crippen LogP contribution in [0.15, 0.2) is 53.8 Å². The Morgan fingerprint density at radius 1 is 0.867 bits per heavy atom. The lowest BCUT2D eigenvalue weighted by Gasteiger charge is -2.44. The summed E-state index contributed by atoms with van der Waals surface area (Å²) in [6.07, 6.45) is 13.1. The number of anilines is 1. The molecular weight excluding hydrogens is 1060 g/mol. The lowest BCUT2D eigenvalue weighted by Crippen LogP contribution is -2.55. The van der Waals surface area contributed by atoms with Gasteiger partial charge in [0.05, 0.1) is 37.0 Å². The molecule has 7 rings (SSSR count). The summed E-state index contributed by atoms with van der Waals surface area (Å²) >= 11 is 0. The summed E-state index contributed by atoms with van der Waals surface area (Å²) in [7, 11) is 6.71. The van der Waals surface area contributed by atoms with Gasteiger partial charge in [-0.25, -0.2) is 19.6 Å². The van der Waals surface area contributed by atoms with Crippen molar-refractivity contribution < 1.29 is 62.6 Å². The number of aromatic nitrogens is 2. The Balaban J connectivity index is 1.07. The molecule has 83 heavy (non-hydrogen) atoms. The summed E-state index contributed by atoms with van der Waals surface area (Å²) in [5.74, 6) is -4.47. The monoisotopic (exact) mass is 1160 g/mol. The molecule has 0 unspecified atom stereocenters. The van der Waals surface area contributed by atoms with E-state index in [1.165, 1.54) is 12.0 Å².